The normalized spacial score (nSPS) is 0. The smallest absolute Gasteiger partial charge is 1.00 e. The average molecular weight is 422 g/mol. The Bertz CT molecular complexity index is 14.1. The number of hydrogen-bond acceptors (Lipinski definition) is 0. The van der Waals surface area contributed by atoms with E-state index in [1.807, 2.05) is 0 Å². The molecule has 0 saturated heterocycles. The SMILES string of the molecule is [Ce+3].[F-].[F-].[F-].[F-].[F-].[F-].[F-].[F-].[K+].[Zr+4]. The van der Waals surface area contributed by atoms with Gasteiger partial charge in [-0.2, -0.15) is 0 Å². The summed E-state index contributed by atoms with van der Waals surface area (Å²) in [5, 5.41) is 0. The Morgan fingerprint density at radius 2 is 0.364 bits per heavy atom. The van der Waals surface area contributed by atoms with E-state index in [1.54, 1.807) is 0 Å². The molecule has 0 nitrogen and oxygen atoms in total. The van der Waals surface area contributed by atoms with Crippen LogP contribution < -0.4 is 89.0 Å². The summed E-state index contributed by atoms with van der Waals surface area (Å²) in [6, 6.07) is 0. The van der Waals surface area contributed by atoms with Crippen LogP contribution in [0.25, 0.3) is 0 Å². The zero-order valence-electron chi connectivity index (χ0n) is 5.02. The zero-order valence-corrected chi connectivity index (χ0v) is 13.7. The molecule has 0 atom stereocenters. The summed E-state index contributed by atoms with van der Waals surface area (Å²) >= 11 is 0. The molecule has 0 heterocycles. The van der Waals surface area contributed by atoms with Crippen molar-refractivity contribution in [2.24, 2.45) is 0 Å². The largest absolute Gasteiger partial charge is 4.00 e. The molecule has 1 radical (unpaired) electrons. The average Bonchev–Trinajstić information content (AvgIpc) is 0. The van der Waals surface area contributed by atoms with Crippen molar-refractivity contribution >= 4 is 0 Å². The molecule has 11 heavy (non-hydrogen) atoms. The quantitative estimate of drug-likeness (QED) is 0.269. The van der Waals surface area contributed by atoms with Gasteiger partial charge in [-0.15, -0.1) is 0 Å². The second-order valence-corrected chi connectivity index (χ2v) is 0. The van der Waals surface area contributed by atoms with Gasteiger partial charge in [-0.1, -0.05) is 0 Å². The van der Waals surface area contributed by atoms with Crippen LogP contribution in [0, 0.1) is 41.7 Å². The second-order valence-electron chi connectivity index (χ2n) is 0. The van der Waals surface area contributed by atoms with Gasteiger partial charge in [-0.25, -0.2) is 0 Å². The molecular weight excluding hydrogens is 422 g/mol. The number of halogens is 8. The Morgan fingerprint density at radius 1 is 0.364 bits per heavy atom. The third kappa shape index (κ3) is 154. The molecule has 0 bridgehead atoms. The maximum absolute atomic E-state index is 0. The summed E-state index contributed by atoms with van der Waals surface area (Å²) in [4.78, 5) is 0. The number of rotatable bonds is 0. The van der Waals surface area contributed by atoms with Crippen molar-refractivity contribution in [3.05, 3.63) is 0 Å². The molecule has 0 aromatic rings. The van der Waals surface area contributed by atoms with Gasteiger partial charge in [0.1, 0.15) is 0 Å². The van der Waals surface area contributed by atoms with Crippen LogP contribution in [0.4, 0.5) is 0 Å². The monoisotopic (exact) mass is 421 g/mol. The Morgan fingerprint density at radius 3 is 0.364 bits per heavy atom. The van der Waals surface area contributed by atoms with E-state index in [2.05, 4.69) is 0 Å². The predicted molar refractivity (Wildman–Crippen MR) is 0 cm³/mol. The van der Waals surface area contributed by atoms with E-state index in [-0.39, 0.29) is 157 Å². The van der Waals surface area contributed by atoms with Crippen LogP contribution in [0.15, 0.2) is 0 Å². The Balaban J connectivity index is 0. The summed E-state index contributed by atoms with van der Waals surface area (Å²) in [6.07, 6.45) is 0. The maximum atomic E-state index is 0. The van der Waals surface area contributed by atoms with Crippen molar-refractivity contribution in [1.82, 2.24) is 0 Å². The zero-order chi connectivity index (χ0) is 0. The molecule has 0 fully saturated rings. The summed E-state index contributed by atoms with van der Waals surface area (Å²) < 4.78 is 0. The van der Waals surface area contributed by atoms with Gasteiger partial charge in [0.05, 0.1) is 0 Å². The van der Waals surface area contributed by atoms with Gasteiger partial charge in [0, 0.05) is 0 Å². The van der Waals surface area contributed by atoms with Gasteiger partial charge < -0.3 is 37.6 Å². The van der Waals surface area contributed by atoms with Crippen LogP contribution in [-0.4, -0.2) is 0 Å². The van der Waals surface area contributed by atoms with Crippen molar-refractivity contribution in [1.29, 1.82) is 0 Å². The maximum Gasteiger partial charge on any atom is 4.00 e. The molecule has 0 aliphatic rings. The second kappa shape index (κ2) is 182. The number of hydrogen-bond donors (Lipinski definition) is 0. The van der Waals surface area contributed by atoms with Crippen molar-refractivity contribution in [3.63, 3.8) is 0 Å². The minimum Gasteiger partial charge on any atom is -1.00 e. The van der Waals surface area contributed by atoms with Crippen LogP contribution in [0.2, 0.25) is 0 Å². The van der Waals surface area contributed by atoms with Crippen molar-refractivity contribution < 1.29 is 157 Å². The van der Waals surface area contributed by atoms with Gasteiger partial charge >= 0.3 is 119 Å². The fraction of sp³-hybridized carbons (Fsp3) is 0. The minimum absolute atomic E-state index is 0. The van der Waals surface area contributed by atoms with Crippen LogP contribution >= 0.6 is 0 Å². The molecule has 0 spiro atoms. The van der Waals surface area contributed by atoms with E-state index in [9.17, 15) is 0 Å². The molecule has 0 aromatic carbocycles. The molecule has 65 valence electrons. The van der Waals surface area contributed by atoms with Gasteiger partial charge in [0.15, 0.2) is 0 Å². The third-order valence-electron chi connectivity index (χ3n) is 0. The van der Waals surface area contributed by atoms with Crippen molar-refractivity contribution in [2.45, 2.75) is 0 Å². The standard InChI is InChI=1S/Ce.8FH.K.Zr/h;8*1H;;/q+3;;;;;;;;;+1;+4/p-8. The Labute approximate surface area is 153 Å². The molecule has 0 aliphatic heterocycles. The summed E-state index contributed by atoms with van der Waals surface area (Å²) in [7, 11) is 0. The van der Waals surface area contributed by atoms with Crippen molar-refractivity contribution in [2.75, 3.05) is 0 Å². The summed E-state index contributed by atoms with van der Waals surface area (Å²) in [5.74, 6) is 0. The van der Waals surface area contributed by atoms with Gasteiger partial charge in [-0.05, 0) is 0 Å². The van der Waals surface area contributed by atoms with E-state index in [4.69, 9.17) is 0 Å². The van der Waals surface area contributed by atoms with Gasteiger partial charge in [-0.3, -0.25) is 0 Å². The third-order valence-corrected chi connectivity index (χ3v) is 0. The minimum atomic E-state index is 0. The predicted octanol–water partition coefficient (Wildman–Crippen LogP) is -27.0. The first-order valence-electron chi connectivity index (χ1n) is 0. The van der Waals surface area contributed by atoms with E-state index in [1.165, 1.54) is 0 Å². The molecule has 0 rings (SSSR count). The molecular formula is CeF8KZr. The van der Waals surface area contributed by atoms with E-state index >= 15 is 0 Å². The fourth-order valence-electron chi connectivity index (χ4n) is 0. The summed E-state index contributed by atoms with van der Waals surface area (Å²) in [5.41, 5.74) is 0. The van der Waals surface area contributed by atoms with Crippen LogP contribution in [-0.2, 0) is 26.2 Å². The van der Waals surface area contributed by atoms with Crippen LogP contribution in [0.5, 0.6) is 0 Å². The first-order chi connectivity index (χ1) is 0. The topological polar surface area (TPSA) is 0 Å². The molecule has 0 aromatic heterocycles. The Kier molecular flexibility index (Phi) is 3800. The first kappa shape index (κ1) is 229. The van der Waals surface area contributed by atoms with E-state index in [0.717, 1.165) is 0 Å². The van der Waals surface area contributed by atoms with Gasteiger partial charge in [0.2, 0.25) is 0 Å². The van der Waals surface area contributed by atoms with E-state index < -0.39 is 0 Å². The van der Waals surface area contributed by atoms with Crippen LogP contribution in [0.1, 0.15) is 0 Å². The summed E-state index contributed by atoms with van der Waals surface area (Å²) in [6.45, 7) is 0. The molecule has 11 heteroatoms. The van der Waals surface area contributed by atoms with E-state index in [0.29, 0.717) is 0 Å². The van der Waals surface area contributed by atoms with Crippen molar-refractivity contribution in [3.8, 4) is 0 Å². The van der Waals surface area contributed by atoms with Gasteiger partial charge in [0.25, 0.3) is 0 Å². The molecule has 0 amide bonds. The first-order valence-corrected chi connectivity index (χ1v) is 0. The fourth-order valence-corrected chi connectivity index (χ4v) is 0. The Hall–Kier alpha value is 3.34. The molecule has 0 aliphatic carbocycles. The molecule has 0 N–H and O–H groups in total. The molecule has 0 unspecified atom stereocenters. The van der Waals surface area contributed by atoms with Crippen LogP contribution in [0.3, 0.4) is 0 Å². The molecule has 0 saturated carbocycles.